The first-order chi connectivity index (χ1) is 9.15. The van der Waals surface area contributed by atoms with Crippen LogP contribution in [0, 0.1) is 0 Å². The molecule has 0 atom stereocenters. The maximum atomic E-state index is 11.9. The summed E-state index contributed by atoms with van der Waals surface area (Å²) in [5.41, 5.74) is 3.12. The molecule has 0 aliphatic carbocycles. The molecule has 1 rings (SSSR count). The van der Waals surface area contributed by atoms with Crippen molar-refractivity contribution in [1.82, 2.24) is 0 Å². The Morgan fingerprint density at radius 2 is 1.14 bits per heavy atom. The zero-order valence-corrected chi connectivity index (χ0v) is 18.0. The van der Waals surface area contributed by atoms with Crippen molar-refractivity contribution in [3.63, 3.8) is 0 Å². The van der Waals surface area contributed by atoms with E-state index in [0.29, 0.717) is 5.56 Å². The molecule has 0 aliphatic heterocycles. The Hall–Kier alpha value is -0.310. The molecule has 0 bridgehead atoms. The number of hydrogen-bond donors (Lipinski definition) is 1. The second kappa shape index (κ2) is 6.67. The van der Waals surface area contributed by atoms with Gasteiger partial charge in [-0.2, -0.15) is 0 Å². The quantitative estimate of drug-likeness (QED) is 0.808. The summed E-state index contributed by atoms with van der Waals surface area (Å²) in [5, 5.41) is 9.77. The minimum Gasteiger partial charge on any atom is -1.00 e. The van der Waals surface area contributed by atoms with E-state index in [1.165, 1.54) is 5.56 Å². The Balaban J connectivity index is 0. The molecule has 0 aromatic heterocycles. The first-order valence-electron chi connectivity index (χ1n) is 7.58. The van der Waals surface area contributed by atoms with Gasteiger partial charge in [0.1, 0.15) is 0 Å². The van der Waals surface area contributed by atoms with Crippen molar-refractivity contribution < 1.29 is 40.9 Å². The number of aromatic carboxylic acids is 1. The van der Waals surface area contributed by atoms with Crippen molar-refractivity contribution in [3.8, 4) is 0 Å². The van der Waals surface area contributed by atoms with E-state index in [4.69, 9.17) is 0 Å². The summed E-state index contributed by atoms with van der Waals surface area (Å²) in [5.74, 6) is -0.828. The molecule has 0 heterocycles. The second-order valence-corrected chi connectivity index (χ2v) is 9.00. The molecular formula is C19H31NaO2. The van der Waals surface area contributed by atoms with Crippen molar-refractivity contribution >= 4 is 5.97 Å². The van der Waals surface area contributed by atoms with Gasteiger partial charge in [-0.1, -0.05) is 74.4 Å². The van der Waals surface area contributed by atoms with Crippen molar-refractivity contribution in [2.24, 2.45) is 0 Å². The smallest absolute Gasteiger partial charge is 1.00 e. The number of carboxylic acids is 1. The Morgan fingerprint density at radius 3 is 1.32 bits per heavy atom. The normalized spacial score (nSPS) is 12.8. The summed E-state index contributed by atoms with van der Waals surface area (Å²) in [6, 6.07) is 4.16. The SMILES string of the molecule is CC(C)(C)c1cc(C(C)(C)C)c(C(=O)O)c(C(C)(C)C)c1.[H-].[Na+]. The predicted molar refractivity (Wildman–Crippen MR) is 90.6 cm³/mol. The van der Waals surface area contributed by atoms with Gasteiger partial charge in [-0.25, -0.2) is 4.79 Å². The van der Waals surface area contributed by atoms with E-state index in [9.17, 15) is 9.90 Å². The van der Waals surface area contributed by atoms with Crippen molar-refractivity contribution in [2.45, 2.75) is 78.6 Å². The summed E-state index contributed by atoms with van der Waals surface area (Å²) >= 11 is 0. The van der Waals surface area contributed by atoms with E-state index in [1.807, 2.05) is 0 Å². The molecule has 0 spiro atoms. The van der Waals surface area contributed by atoms with E-state index >= 15 is 0 Å². The summed E-state index contributed by atoms with van der Waals surface area (Å²) in [6.07, 6.45) is 0. The Bertz CT molecular complexity index is 523. The fraction of sp³-hybridized carbons (Fsp3) is 0.632. The summed E-state index contributed by atoms with van der Waals surface area (Å²) in [6.45, 7) is 19.0. The Kier molecular flexibility index (Phi) is 6.57. The molecule has 0 fully saturated rings. The molecule has 0 amide bonds. The number of carbonyl (C=O) groups is 1. The van der Waals surface area contributed by atoms with Crippen LogP contribution in [0.1, 0.15) is 90.8 Å². The van der Waals surface area contributed by atoms with E-state index in [1.54, 1.807) is 0 Å². The van der Waals surface area contributed by atoms with Gasteiger partial charge < -0.3 is 6.53 Å². The van der Waals surface area contributed by atoms with Gasteiger partial charge in [-0.05, 0) is 32.9 Å². The fourth-order valence-corrected chi connectivity index (χ4v) is 2.49. The molecule has 0 radical (unpaired) electrons. The molecule has 1 aromatic carbocycles. The van der Waals surface area contributed by atoms with Gasteiger partial charge in [0.05, 0.1) is 5.56 Å². The van der Waals surface area contributed by atoms with Gasteiger partial charge in [-0.15, -0.1) is 0 Å². The van der Waals surface area contributed by atoms with Crippen molar-refractivity contribution in [2.75, 3.05) is 0 Å². The van der Waals surface area contributed by atoms with Crippen LogP contribution in [-0.2, 0) is 16.2 Å². The maximum absolute atomic E-state index is 11.9. The number of rotatable bonds is 1. The molecule has 3 heteroatoms. The van der Waals surface area contributed by atoms with Gasteiger partial charge in [0.2, 0.25) is 0 Å². The summed E-state index contributed by atoms with van der Waals surface area (Å²) < 4.78 is 0. The monoisotopic (exact) mass is 314 g/mol. The second-order valence-electron chi connectivity index (χ2n) is 9.00. The third-order valence-corrected chi connectivity index (χ3v) is 3.83. The molecule has 1 N–H and O–H groups in total. The predicted octanol–water partition coefficient (Wildman–Crippen LogP) is 2.39. The van der Waals surface area contributed by atoms with Gasteiger partial charge in [0.25, 0.3) is 0 Å². The number of benzene rings is 1. The van der Waals surface area contributed by atoms with Crippen molar-refractivity contribution in [3.05, 3.63) is 34.4 Å². The van der Waals surface area contributed by atoms with Gasteiger partial charge in [-0.3, -0.25) is 0 Å². The zero-order chi connectivity index (χ0) is 16.8. The minimum atomic E-state index is -0.828. The molecule has 0 saturated carbocycles. The van der Waals surface area contributed by atoms with Gasteiger partial charge >= 0.3 is 35.5 Å². The third-order valence-electron chi connectivity index (χ3n) is 3.83. The fourth-order valence-electron chi connectivity index (χ4n) is 2.49. The van der Waals surface area contributed by atoms with Crippen LogP contribution in [0.4, 0.5) is 0 Å². The van der Waals surface area contributed by atoms with Crippen LogP contribution in [0.2, 0.25) is 0 Å². The zero-order valence-electron chi connectivity index (χ0n) is 17.0. The van der Waals surface area contributed by atoms with Crippen LogP contribution in [0.3, 0.4) is 0 Å². The molecule has 22 heavy (non-hydrogen) atoms. The van der Waals surface area contributed by atoms with E-state index < -0.39 is 5.97 Å². The number of hydrogen-bond acceptors (Lipinski definition) is 1. The Morgan fingerprint density at radius 1 is 0.818 bits per heavy atom. The minimum absolute atomic E-state index is 0. The Labute approximate surface area is 159 Å². The molecule has 1 aromatic rings. The summed E-state index contributed by atoms with van der Waals surface area (Å²) in [7, 11) is 0. The van der Waals surface area contributed by atoms with Gasteiger partial charge in [0, 0.05) is 0 Å². The van der Waals surface area contributed by atoms with Crippen LogP contribution in [-0.4, -0.2) is 11.1 Å². The average Bonchev–Trinajstić information content (AvgIpc) is 2.23. The van der Waals surface area contributed by atoms with Crippen LogP contribution >= 0.6 is 0 Å². The van der Waals surface area contributed by atoms with Crippen LogP contribution in [0.5, 0.6) is 0 Å². The van der Waals surface area contributed by atoms with Crippen LogP contribution in [0.25, 0.3) is 0 Å². The molecule has 2 nitrogen and oxygen atoms in total. The van der Waals surface area contributed by atoms with Crippen molar-refractivity contribution in [1.29, 1.82) is 0 Å². The topological polar surface area (TPSA) is 37.3 Å². The summed E-state index contributed by atoms with van der Waals surface area (Å²) in [4.78, 5) is 11.9. The largest absolute Gasteiger partial charge is 1.00 e. The molecule has 0 unspecified atom stereocenters. The third kappa shape index (κ3) is 4.84. The molecule has 0 saturated heterocycles. The number of carboxylic acid groups (broad SMARTS) is 1. The maximum Gasteiger partial charge on any atom is 1.00 e. The van der Waals surface area contributed by atoms with Crippen LogP contribution in [0.15, 0.2) is 12.1 Å². The van der Waals surface area contributed by atoms with E-state index in [-0.39, 0.29) is 47.2 Å². The average molecular weight is 314 g/mol. The molecule has 0 aliphatic rings. The first kappa shape index (κ1) is 21.7. The van der Waals surface area contributed by atoms with E-state index in [2.05, 4.69) is 74.4 Å². The van der Waals surface area contributed by atoms with Crippen LogP contribution < -0.4 is 29.6 Å². The van der Waals surface area contributed by atoms with E-state index in [0.717, 1.165) is 11.1 Å². The standard InChI is InChI=1S/C19H30O2.Na.H/c1-17(2,3)12-10-13(18(4,5)6)15(16(20)21)14(11-12)19(7,8)9;;/h10-11H,1-9H3,(H,20,21);;/q;+1;-1. The molecule has 120 valence electrons. The molecular weight excluding hydrogens is 283 g/mol. The van der Waals surface area contributed by atoms with Gasteiger partial charge in [0.15, 0.2) is 0 Å². The first-order valence-corrected chi connectivity index (χ1v) is 7.58.